The molecule has 2 N–H and O–H groups in total. The molecule has 5 atom stereocenters. The highest BCUT2D eigenvalue weighted by molar-refractivity contribution is 7.44. The van der Waals surface area contributed by atoms with Crippen LogP contribution in [-0.2, 0) is 33.7 Å². The smallest absolute Gasteiger partial charge is 0.280 e. The molecule has 5 unspecified atom stereocenters. The van der Waals surface area contributed by atoms with Gasteiger partial charge in [0.05, 0.1) is 46.3 Å². The van der Waals surface area contributed by atoms with Crippen LogP contribution in [0.1, 0.15) is 70.9 Å². The number of carbonyl (C=O) groups is 1. The standard InChI is InChI=1S/C45H56N7O9P/c1-28(2)41(53)49-44-48-40-37(42(54)50-44)47-27-51(40)43-39(61-62(59-25-13-24-46)52(29(3)4)30(5)6)38(57-9)36(60-43)26-58-45(31-14-11-10-12-15-31,32-16-20-34(55-7)21-17-32)33-18-22-35(56-8)23-19-33/h10-12,14-23,27-30,36,38-39,43H,13,25-26H2,1-9H3,(H2,48,49,50,53,54). The number of aromatic nitrogens is 4. The molecule has 2 aromatic heterocycles. The van der Waals surface area contributed by atoms with Gasteiger partial charge in [-0.3, -0.25) is 24.5 Å². The number of nitrogens with zero attached hydrogens (tertiary/aromatic N) is 5. The van der Waals surface area contributed by atoms with Crippen LogP contribution < -0.4 is 20.3 Å². The first-order valence-electron chi connectivity index (χ1n) is 20.6. The fourth-order valence-corrected chi connectivity index (χ4v) is 9.31. The molecule has 62 heavy (non-hydrogen) atoms. The summed E-state index contributed by atoms with van der Waals surface area (Å²) in [5.74, 6) is 0.630. The molecule has 1 saturated heterocycles. The lowest BCUT2D eigenvalue weighted by Gasteiger charge is -2.38. The van der Waals surface area contributed by atoms with Gasteiger partial charge in [0.15, 0.2) is 17.4 Å². The van der Waals surface area contributed by atoms with Crippen molar-refractivity contribution in [3.8, 4) is 17.6 Å². The lowest BCUT2D eigenvalue weighted by atomic mass is 9.80. The summed E-state index contributed by atoms with van der Waals surface area (Å²) in [4.78, 5) is 37.8. The Bertz CT molecular complexity index is 2280. The molecule has 3 aromatic carbocycles. The zero-order valence-corrected chi connectivity index (χ0v) is 37.5. The molecule has 16 nitrogen and oxygen atoms in total. The number of H-pyrrole nitrogens is 1. The average Bonchev–Trinajstić information content (AvgIpc) is 3.85. The first-order valence-corrected chi connectivity index (χ1v) is 21.7. The van der Waals surface area contributed by atoms with E-state index in [-0.39, 0.29) is 60.7 Å². The van der Waals surface area contributed by atoms with Crippen molar-refractivity contribution < 1.29 is 37.5 Å². The largest absolute Gasteiger partial charge is 0.497 e. The average molecular weight is 870 g/mol. The van der Waals surface area contributed by atoms with Gasteiger partial charge in [-0.1, -0.05) is 68.4 Å². The second kappa shape index (κ2) is 20.8. The van der Waals surface area contributed by atoms with Crippen LogP contribution in [0.25, 0.3) is 11.2 Å². The summed E-state index contributed by atoms with van der Waals surface area (Å²) >= 11 is 0. The number of hydrogen-bond acceptors (Lipinski definition) is 13. The molecule has 6 rings (SSSR count). The molecule has 0 spiro atoms. The number of carbonyl (C=O) groups excluding carboxylic acids is 1. The first-order chi connectivity index (χ1) is 29.9. The van der Waals surface area contributed by atoms with Crippen molar-refractivity contribution in [1.82, 2.24) is 24.2 Å². The highest BCUT2D eigenvalue weighted by Crippen LogP contribution is 2.52. The highest BCUT2D eigenvalue weighted by atomic mass is 31.2. The van der Waals surface area contributed by atoms with E-state index in [4.69, 9.17) is 32.7 Å². The molecule has 1 amide bonds. The van der Waals surface area contributed by atoms with E-state index in [0.717, 1.165) is 16.7 Å². The molecule has 0 aliphatic carbocycles. The van der Waals surface area contributed by atoms with Gasteiger partial charge in [-0.05, 0) is 68.7 Å². The number of nitriles is 1. The number of benzene rings is 3. The van der Waals surface area contributed by atoms with E-state index in [2.05, 4.69) is 31.0 Å². The fraction of sp³-hybridized carbons (Fsp3) is 0.444. The van der Waals surface area contributed by atoms with Crippen LogP contribution in [0, 0.1) is 17.2 Å². The van der Waals surface area contributed by atoms with Crippen molar-refractivity contribution in [1.29, 1.82) is 5.26 Å². The van der Waals surface area contributed by atoms with Crippen molar-refractivity contribution in [3.05, 3.63) is 112 Å². The van der Waals surface area contributed by atoms with Crippen molar-refractivity contribution in [3.63, 3.8) is 0 Å². The van der Waals surface area contributed by atoms with E-state index in [1.807, 2.05) is 107 Å². The molecular formula is C45H56N7O9P. The van der Waals surface area contributed by atoms with Gasteiger partial charge >= 0.3 is 0 Å². The summed E-state index contributed by atoms with van der Waals surface area (Å²) in [6.07, 6.45) is -1.87. The maximum absolute atomic E-state index is 13.4. The zero-order valence-electron chi connectivity index (χ0n) is 36.6. The van der Waals surface area contributed by atoms with E-state index < -0.39 is 44.2 Å². The van der Waals surface area contributed by atoms with E-state index in [1.165, 1.54) is 6.33 Å². The topological polar surface area (TPSA) is 184 Å². The van der Waals surface area contributed by atoms with Gasteiger partial charge in [-0.2, -0.15) is 10.2 Å². The minimum atomic E-state index is -1.83. The molecule has 330 valence electrons. The Morgan fingerprint density at radius 1 is 0.919 bits per heavy atom. The summed E-state index contributed by atoms with van der Waals surface area (Å²) in [5, 5.41) is 12.1. The van der Waals surface area contributed by atoms with Crippen LogP contribution in [0.4, 0.5) is 5.95 Å². The summed E-state index contributed by atoms with van der Waals surface area (Å²) < 4.78 is 48.9. The third-order valence-electron chi connectivity index (χ3n) is 10.5. The van der Waals surface area contributed by atoms with Gasteiger partial charge in [-0.25, -0.2) is 9.65 Å². The van der Waals surface area contributed by atoms with Gasteiger partial charge in [0, 0.05) is 25.1 Å². The van der Waals surface area contributed by atoms with Crippen LogP contribution in [0.3, 0.4) is 0 Å². The molecule has 0 saturated carbocycles. The highest BCUT2D eigenvalue weighted by Gasteiger charge is 2.51. The van der Waals surface area contributed by atoms with Crippen LogP contribution >= 0.6 is 8.53 Å². The molecule has 1 aliphatic rings. The number of anilines is 1. The quantitative estimate of drug-likeness (QED) is 0.0451. The van der Waals surface area contributed by atoms with Crippen molar-refractivity contribution in [2.75, 3.05) is 39.9 Å². The Morgan fingerprint density at radius 2 is 1.52 bits per heavy atom. The molecule has 3 heterocycles. The van der Waals surface area contributed by atoms with Gasteiger partial charge in [0.2, 0.25) is 11.9 Å². The minimum Gasteiger partial charge on any atom is -0.497 e. The number of methoxy groups -OCH3 is 3. The number of amides is 1. The van der Waals surface area contributed by atoms with Gasteiger partial charge in [0.1, 0.15) is 35.4 Å². The molecule has 0 bridgehead atoms. The minimum absolute atomic E-state index is 0.00833. The fourth-order valence-electron chi connectivity index (χ4n) is 7.58. The maximum Gasteiger partial charge on any atom is 0.280 e. The number of fused-ring (bicyclic) bond motifs is 1. The Hall–Kier alpha value is -5.24. The number of hydrogen-bond donors (Lipinski definition) is 2. The molecule has 1 fully saturated rings. The second-order valence-electron chi connectivity index (χ2n) is 15.6. The monoisotopic (exact) mass is 869 g/mol. The summed E-state index contributed by atoms with van der Waals surface area (Å²) in [5.41, 5.74) is 0.947. The number of rotatable bonds is 20. The summed E-state index contributed by atoms with van der Waals surface area (Å²) in [6, 6.07) is 27.5. The van der Waals surface area contributed by atoms with E-state index in [9.17, 15) is 14.9 Å². The third kappa shape index (κ3) is 9.85. The lowest BCUT2D eigenvalue weighted by Crippen LogP contribution is -2.42. The van der Waals surface area contributed by atoms with Crippen molar-refractivity contribution in [2.24, 2.45) is 5.92 Å². The SMILES string of the molecule is COc1ccc(C(OCC2OC(n3cnc4c(=O)[nH]c(NC(=O)C(C)C)nc43)C(OP(OCCC#N)N(C(C)C)C(C)C)C2OC)(c2ccccc2)c2ccc(OC)cc2)cc1. The number of nitrogens with one attached hydrogen (secondary N) is 2. The number of aromatic amines is 1. The molecule has 1 aliphatic heterocycles. The molecule has 0 radical (unpaired) electrons. The number of imidazole rings is 1. The lowest BCUT2D eigenvalue weighted by molar-refractivity contribution is -0.118. The van der Waals surface area contributed by atoms with Crippen LogP contribution in [0.2, 0.25) is 0 Å². The van der Waals surface area contributed by atoms with E-state index in [1.54, 1.807) is 39.7 Å². The Balaban J connectivity index is 1.49. The van der Waals surface area contributed by atoms with Gasteiger partial charge in [0.25, 0.3) is 14.1 Å². The maximum atomic E-state index is 13.4. The van der Waals surface area contributed by atoms with Gasteiger partial charge < -0.3 is 32.7 Å². The predicted octanol–water partition coefficient (Wildman–Crippen LogP) is 7.31. The van der Waals surface area contributed by atoms with Crippen molar-refractivity contribution in [2.45, 2.75) is 90.2 Å². The summed E-state index contributed by atoms with van der Waals surface area (Å²) in [7, 11) is 2.99. The first kappa shape index (κ1) is 46.3. The zero-order chi connectivity index (χ0) is 44.6. The summed E-state index contributed by atoms with van der Waals surface area (Å²) in [6.45, 7) is 11.8. The Labute approximate surface area is 363 Å². The molecule has 5 aromatic rings. The van der Waals surface area contributed by atoms with E-state index >= 15 is 0 Å². The Morgan fingerprint density at radius 3 is 2.05 bits per heavy atom. The van der Waals surface area contributed by atoms with Crippen LogP contribution in [-0.4, -0.2) is 95.0 Å². The third-order valence-corrected chi connectivity index (χ3v) is 12.7. The predicted molar refractivity (Wildman–Crippen MR) is 235 cm³/mol. The van der Waals surface area contributed by atoms with Crippen molar-refractivity contribution >= 4 is 31.5 Å². The van der Waals surface area contributed by atoms with Crippen LogP contribution in [0.5, 0.6) is 11.5 Å². The number of ether oxygens (including phenoxy) is 5. The Kier molecular flexibility index (Phi) is 15.5. The molecular weight excluding hydrogens is 814 g/mol. The van der Waals surface area contributed by atoms with Crippen LogP contribution in [0.15, 0.2) is 90.0 Å². The van der Waals surface area contributed by atoms with Gasteiger partial charge in [-0.15, -0.1) is 0 Å². The molecule has 17 heteroatoms. The normalized spacial score (nSPS) is 18.5. The second-order valence-corrected chi connectivity index (χ2v) is 17.0. The van der Waals surface area contributed by atoms with E-state index in [0.29, 0.717) is 11.5 Å².